The summed E-state index contributed by atoms with van der Waals surface area (Å²) < 4.78 is 0. The quantitative estimate of drug-likeness (QED) is 0.890. The molecule has 0 unspecified atom stereocenters. The molecule has 114 valence electrons. The Labute approximate surface area is 126 Å². The topological polar surface area (TPSA) is 52.9 Å². The molecule has 0 fully saturated rings. The highest BCUT2D eigenvalue weighted by molar-refractivity contribution is 5.92. The first kappa shape index (κ1) is 15.5. The molecule has 0 radical (unpaired) electrons. The lowest BCUT2D eigenvalue weighted by Crippen LogP contribution is -2.51. The second kappa shape index (κ2) is 6.29. The summed E-state index contributed by atoms with van der Waals surface area (Å²) in [6, 6.07) is 7.87. The first-order chi connectivity index (χ1) is 10.1. The number of carboxylic acid groups (broad SMARTS) is 1. The molecule has 0 aliphatic carbocycles. The summed E-state index contributed by atoms with van der Waals surface area (Å²) in [7, 11) is 0. The van der Waals surface area contributed by atoms with Crippen molar-refractivity contribution < 1.29 is 9.90 Å². The molecule has 0 spiro atoms. The van der Waals surface area contributed by atoms with Crippen molar-refractivity contribution in [1.82, 2.24) is 0 Å². The van der Waals surface area contributed by atoms with Crippen molar-refractivity contribution in [3.05, 3.63) is 24.3 Å². The van der Waals surface area contributed by atoms with Crippen LogP contribution in [0.25, 0.3) is 0 Å². The largest absolute Gasteiger partial charge is 0.480 e. The summed E-state index contributed by atoms with van der Waals surface area (Å²) in [6.45, 7) is 6.41. The van der Waals surface area contributed by atoms with Crippen molar-refractivity contribution in [3.63, 3.8) is 0 Å². The van der Waals surface area contributed by atoms with E-state index in [2.05, 4.69) is 25.7 Å². The van der Waals surface area contributed by atoms with Crippen LogP contribution in [0.3, 0.4) is 0 Å². The van der Waals surface area contributed by atoms with Gasteiger partial charge in [0, 0.05) is 17.7 Å². The molecule has 0 atom stereocenters. The van der Waals surface area contributed by atoms with Crippen LogP contribution in [-0.4, -0.2) is 28.9 Å². The van der Waals surface area contributed by atoms with Gasteiger partial charge in [0.1, 0.15) is 6.54 Å². The zero-order valence-corrected chi connectivity index (χ0v) is 13.1. The predicted molar refractivity (Wildman–Crippen MR) is 86.7 cm³/mol. The Morgan fingerprint density at radius 3 is 2.52 bits per heavy atom. The fourth-order valence-corrected chi connectivity index (χ4v) is 3.20. The Morgan fingerprint density at radius 1 is 1.29 bits per heavy atom. The summed E-state index contributed by atoms with van der Waals surface area (Å²) >= 11 is 0. The average Bonchev–Trinajstić information content (AvgIpc) is 2.62. The summed E-state index contributed by atoms with van der Waals surface area (Å²) in [5.74, 6) is -0.795. The standard InChI is InChI=1S/C17H24N2O2/c1-4-13-11-17(5-2,6-3)19(12-16(20)21)15-10-8-7-9-14(15)18-13/h7-10H,4-6,11-12H2,1-3H3,(H,20,21). The molecule has 1 N–H and O–H groups in total. The molecule has 4 nitrogen and oxygen atoms in total. The smallest absolute Gasteiger partial charge is 0.323 e. The van der Waals surface area contributed by atoms with Crippen molar-refractivity contribution in [2.75, 3.05) is 11.4 Å². The number of hydrogen-bond donors (Lipinski definition) is 1. The van der Waals surface area contributed by atoms with Gasteiger partial charge in [-0.1, -0.05) is 32.9 Å². The Balaban J connectivity index is 2.61. The number of nitrogens with zero attached hydrogens (tertiary/aromatic N) is 2. The van der Waals surface area contributed by atoms with Crippen LogP contribution in [0.5, 0.6) is 0 Å². The van der Waals surface area contributed by atoms with Crippen LogP contribution in [0, 0.1) is 0 Å². The second-order valence-corrected chi connectivity index (χ2v) is 5.61. The molecule has 0 amide bonds. The number of benzene rings is 1. The number of aliphatic carboxylic acids is 1. The van der Waals surface area contributed by atoms with Gasteiger partial charge in [0.15, 0.2) is 0 Å². The number of aliphatic imine (C=N–C) groups is 1. The number of anilines is 1. The van der Waals surface area contributed by atoms with Gasteiger partial charge < -0.3 is 10.0 Å². The number of carbonyl (C=O) groups is 1. The number of rotatable bonds is 5. The maximum Gasteiger partial charge on any atom is 0.323 e. The van der Waals surface area contributed by atoms with Crippen LogP contribution in [0.15, 0.2) is 29.3 Å². The van der Waals surface area contributed by atoms with Gasteiger partial charge in [0.05, 0.1) is 11.4 Å². The second-order valence-electron chi connectivity index (χ2n) is 5.61. The van der Waals surface area contributed by atoms with Gasteiger partial charge in [-0.05, 0) is 31.4 Å². The van der Waals surface area contributed by atoms with Gasteiger partial charge in [-0.2, -0.15) is 0 Å². The molecule has 1 aliphatic heterocycles. The van der Waals surface area contributed by atoms with Crippen LogP contribution >= 0.6 is 0 Å². The third-order valence-corrected chi connectivity index (χ3v) is 4.57. The number of fused-ring (bicyclic) bond motifs is 1. The molecule has 4 heteroatoms. The first-order valence-corrected chi connectivity index (χ1v) is 7.71. The molecule has 0 aromatic heterocycles. The zero-order valence-electron chi connectivity index (χ0n) is 13.1. The molecule has 0 saturated carbocycles. The highest BCUT2D eigenvalue weighted by Gasteiger charge is 2.38. The van der Waals surface area contributed by atoms with E-state index in [1.807, 2.05) is 24.3 Å². The van der Waals surface area contributed by atoms with Crippen LogP contribution in [0.1, 0.15) is 46.5 Å². The van der Waals surface area contributed by atoms with E-state index in [1.165, 1.54) is 0 Å². The minimum Gasteiger partial charge on any atom is -0.480 e. The van der Waals surface area contributed by atoms with Crippen molar-refractivity contribution >= 4 is 23.1 Å². The molecule has 1 aliphatic rings. The third kappa shape index (κ3) is 2.94. The van der Waals surface area contributed by atoms with Crippen LogP contribution < -0.4 is 4.90 Å². The highest BCUT2D eigenvalue weighted by Crippen LogP contribution is 2.41. The average molecular weight is 288 g/mol. The van der Waals surface area contributed by atoms with Crippen LogP contribution in [0.2, 0.25) is 0 Å². The first-order valence-electron chi connectivity index (χ1n) is 7.71. The fraction of sp³-hybridized carbons (Fsp3) is 0.529. The maximum atomic E-state index is 11.4. The van der Waals surface area contributed by atoms with E-state index in [4.69, 9.17) is 4.99 Å². The monoisotopic (exact) mass is 288 g/mol. The molecule has 1 aromatic carbocycles. The summed E-state index contributed by atoms with van der Waals surface area (Å²) in [5, 5.41) is 9.35. The minimum atomic E-state index is -0.795. The summed E-state index contributed by atoms with van der Waals surface area (Å²) in [6.07, 6.45) is 3.55. The summed E-state index contributed by atoms with van der Waals surface area (Å²) in [5.41, 5.74) is 2.81. The van der Waals surface area contributed by atoms with Gasteiger partial charge in [-0.3, -0.25) is 9.79 Å². The highest BCUT2D eigenvalue weighted by atomic mass is 16.4. The predicted octanol–water partition coefficient (Wildman–Crippen LogP) is 4.02. The van der Waals surface area contributed by atoms with Crippen LogP contribution in [-0.2, 0) is 4.79 Å². The van der Waals surface area contributed by atoms with Gasteiger partial charge in [-0.25, -0.2) is 0 Å². The van der Waals surface area contributed by atoms with E-state index < -0.39 is 5.97 Å². The lowest BCUT2D eigenvalue weighted by atomic mass is 9.84. The van der Waals surface area contributed by atoms with E-state index in [-0.39, 0.29) is 12.1 Å². The number of carboxylic acids is 1. The van der Waals surface area contributed by atoms with Crippen molar-refractivity contribution in [2.24, 2.45) is 4.99 Å². The van der Waals surface area contributed by atoms with E-state index >= 15 is 0 Å². The van der Waals surface area contributed by atoms with Crippen molar-refractivity contribution in [1.29, 1.82) is 0 Å². The SMILES string of the molecule is CCC1=Nc2ccccc2N(CC(=O)O)C(CC)(CC)C1. The summed E-state index contributed by atoms with van der Waals surface area (Å²) in [4.78, 5) is 18.2. The third-order valence-electron chi connectivity index (χ3n) is 4.57. The zero-order chi connectivity index (χ0) is 15.5. The molecule has 0 bridgehead atoms. The van der Waals surface area contributed by atoms with Crippen LogP contribution in [0.4, 0.5) is 11.4 Å². The lowest BCUT2D eigenvalue weighted by molar-refractivity contribution is -0.135. The fourth-order valence-electron chi connectivity index (χ4n) is 3.20. The molecule has 1 aromatic rings. The molecule has 21 heavy (non-hydrogen) atoms. The molecule has 1 heterocycles. The Bertz CT molecular complexity index is 547. The van der Waals surface area contributed by atoms with Gasteiger partial charge >= 0.3 is 5.97 Å². The van der Waals surface area contributed by atoms with E-state index in [1.54, 1.807) is 0 Å². The molecule has 2 rings (SSSR count). The lowest BCUT2D eigenvalue weighted by Gasteiger charge is -2.43. The Morgan fingerprint density at radius 2 is 1.95 bits per heavy atom. The Kier molecular flexibility index (Phi) is 4.66. The maximum absolute atomic E-state index is 11.4. The van der Waals surface area contributed by atoms with Crippen molar-refractivity contribution in [2.45, 2.75) is 52.0 Å². The van der Waals surface area contributed by atoms with E-state index in [0.29, 0.717) is 0 Å². The number of para-hydroxylation sites is 2. The number of hydrogen-bond acceptors (Lipinski definition) is 3. The van der Waals surface area contributed by atoms with Gasteiger partial charge in [0.2, 0.25) is 0 Å². The van der Waals surface area contributed by atoms with Gasteiger partial charge in [0.25, 0.3) is 0 Å². The van der Waals surface area contributed by atoms with E-state index in [0.717, 1.165) is 42.8 Å². The normalized spacial score (nSPS) is 16.9. The molecule has 0 saturated heterocycles. The van der Waals surface area contributed by atoms with E-state index in [9.17, 15) is 9.90 Å². The van der Waals surface area contributed by atoms with Gasteiger partial charge in [-0.15, -0.1) is 0 Å². The minimum absolute atomic E-state index is 0.0191. The molecular weight excluding hydrogens is 264 g/mol. The Hall–Kier alpha value is -1.84. The van der Waals surface area contributed by atoms with Crippen molar-refractivity contribution in [3.8, 4) is 0 Å². The molecular formula is C17H24N2O2.